The van der Waals surface area contributed by atoms with E-state index in [4.69, 9.17) is 0 Å². The number of H-pyrrole nitrogens is 1. The van der Waals surface area contributed by atoms with Gasteiger partial charge in [-0.05, 0) is 35.0 Å². The van der Waals surface area contributed by atoms with Crippen molar-refractivity contribution in [2.45, 2.75) is 5.16 Å². The number of imidazole rings is 1. The van der Waals surface area contributed by atoms with Crippen LogP contribution in [0.15, 0.2) is 58.4 Å². The number of amides is 1. The van der Waals surface area contributed by atoms with Crippen LogP contribution in [0.4, 0.5) is 14.5 Å². The van der Waals surface area contributed by atoms with Gasteiger partial charge in [-0.25, -0.2) is 13.8 Å². The second-order valence-corrected chi connectivity index (χ2v) is 8.51. The van der Waals surface area contributed by atoms with Crippen molar-refractivity contribution >= 4 is 46.0 Å². The summed E-state index contributed by atoms with van der Waals surface area (Å²) < 4.78 is 27.3. The Labute approximate surface area is 171 Å². The Morgan fingerprint density at radius 3 is 2.36 bits per heavy atom. The zero-order valence-electron chi connectivity index (χ0n) is 14.2. The highest BCUT2D eigenvalue weighted by Gasteiger charge is 2.17. The molecule has 0 saturated heterocycles. The molecule has 0 atom stereocenters. The molecule has 0 unspecified atom stereocenters. The SMILES string of the molecule is O=C(CSc1nc(-c2cccs2)c(-c2cccs2)[nH]1)Nc1c(F)cccc1F. The number of aromatic amines is 1. The van der Waals surface area contributed by atoms with Crippen LogP contribution >= 0.6 is 34.4 Å². The molecule has 9 heteroatoms. The normalized spacial score (nSPS) is 10.9. The maximum atomic E-state index is 13.7. The summed E-state index contributed by atoms with van der Waals surface area (Å²) in [7, 11) is 0. The number of halogens is 2. The van der Waals surface area contributed by atoms with Crippen molar-refractivity contribution in [2.75, 3.05) is 11.1 Å². The number of carbonyl (C=O) groups is 1. The van der Waals surface area contributed by atoms with E-state index in [0.29, 0.717) is 5.16 Å². The molecule has 4 rings (SSSR count). The Kier molecular flexibility index (Phi) is 5.56. The smallest absolute Gasteiger partial charge is 0.235 e. The lowest BCUT2D eigenvalue weighted by Gasteiger charge is -2.06. The molecule has 0 aliphatic carbocycles. The zero-order chi connectivity index (χ0) is 19.5. The summed E-state index contributed by atoms with van der Waals surface area (Å²) in [5.41, 5.74) is 1.27. The molecule has 0 fully saturated rings. The Morgan fingerprint density at radius 2 is 1.71 bits per heavy atom. The number of hydrogen-bond donors (Lipinski definition) is 2. The van der Waals surface area contributed by atoms with Gasteiger partial charge in [0, 0.05) is 0 Å². The minimum absolute atomic E-state index is 0.0327. The van der Waals surface area contributed by atoms with Crippen molar-refractivity contribution < 1.29 is 13.6 Å². The van der Waals surface area contributed by atoms with Crippen molar-refractivity contribution in [1.82, 2.24) is 9.97 Å². The van der Waals surface area contributed by atoms with Crippen molar-refractivity contribution in [2.24, 2.45) is 0 Å². The van der Waals surface area contributed by atoms with E-state index in [1.165, 1.54) is 17.8 Å². The first-order chi connectivity index (χ1) is 13.6. The van der Waals surface area contributed by atoms with Crippen molar-refractivity contribution in [3.8, 4) is 21.1 Å². The molecule has 0 aliphatic heterocycles. The highest BCUT2D eigenvalue weighted by atomic mass is 32.2. The monoisotopic (exact) mass is 433 g/mol. The molecule has 28 heavy (non-hydrogen) atoms. The molecule has 0 radical (unpaired) electrons. The predicted molar refractivity (Wildman–Crippen MR) is 111 cm³/mol. The molecule has 2 N–H and O–H groups in total. The zero-order valence-corrected chi connectivity index (χ0v) is 16.7. The van der Waals surface area contributed by atoms with Crippen LogP contribution in [0.25, 0.3) is 21.1 Å². The third-order valence-corrected chi connectivity index (χ3v) is 6.41. The Hall–Kier alpha value is -2.49. The van der Waals surface area contributed by atoms with Crippen LogP contribution in [0.5, 0.6) is 0 Å². The van der Waals surface area contributed by atoms with Gasteiger partial charge in [-0.15, -0.1) is 22.7 Å². The van der Waals surface area contributed by atoms with Gasteiger partial charge in [-0.3, -0.25) is 4.79 Å². The average molecular weight is 434 g/mol. The molecule has 1 amide bonds. The lowest BCUT2D eigenvalue weighted by molar-refractivity contribution is -0.113. The number of benzene rings is 1. The molecule has 142 valence electrons. The van der Waals surface area contributed by atoms with Crippen LogP contribution in [0.3, 0.4) is 0 Å². The van der Waals surface area contributed by atoms with E-state index < -0.39 is 23.2 Å². The van der Waals surface area contributed by atoms with Gasteiger partial charge < -0.3 is 10.3 Å². The van der Waals surface area contributed by atoms with Gasteiger partial charge in [0.15, 0.2) is 5.16 Å². The van der Waals surface area contributed by atoms with Crippen molar-refractivity contribution in [3.05, 3.63) is 64.9 Å². The highest BCUT2D eigenvalue weighted by molar-refractivity contribution is 7.99. The number of para-hydroxylation sites is 1. The first kappa shape index (κ1) is 18.9. The first-order valence-electron chi connectivity index (χ1n) is 8.16. The Bertz CT molecular complexity index is 1020. The molecule has 0 aliphatic rings. The predicted octanol–water partition coefficient (Wildman–Crippen LogP) is 5.88. The molecule has 0 spiro atoms. The molecule has 4 aromatic rings. The maximum Gasteiger partial charge on any atom is 0.235 e. The van der Waals surface area contributed by atoms with Crippen LogP contribution in [0, 0.1) is 11.6 Å². The molecular formula is C19H13F2N3OS3. The number of thiophene rings is 2. The third kappa shape index (κ3) is 4.01. The number of nitrogens with one attached hydrogen (secondary N) is 2. The van der Waals surface area contributed by atoms with Crippen LogP contribution in [0.2, 0.25) is 0 Å². The van der Waals surface area contributed by atoms with Crippen molar-refractivity contribution in [1.29, 1.82) is 0 Å². The second-order valence-electron chi connectivity index (χ2n) is 5.65. The number of carbonyl (C=O) groups excluding carboxylic acids is 1. The largest absolute Gasteiger partial charge is 0.332 e. The summed E-state index contributed by atoms with van der Waals surface area (Å²) in [4.78, 5) is 22.1. The highest BCUT2D eigenvalue weighted by Crippen LogP contribution is 2.36. The van der Waals surface area contributed by atoms with Gasteiger partial charge in [-0.1, -0.05) is 30.0 Å². The minimum atomic E-state index is -0.809. The Balaban J connectivity index is 1.51. The topological polar surface area (TPSA) is 57.8 Å². The van der Waals surface area contributed by atoms with Gasteiger partial charge in [0.25, 0.3) is 0 Å². The second kappa shape index (κ2) is 8.26. The summed E-state index contributed by atoms with van der Waals surface area (Å²) >= 11 is 4.35. The van der Waals surface area contributed by atoms with E-state index >= 15 is 0 Å². The number of hydrogen-bond acceptors (Lipinski definition) is 5. The van der Waals surface area contributed by atoms with E-state index in [9.17, 15) is 13.6 Å². The van der Waals surface area contributed by atoms with Crippen LogP contribution in [0.1, 0.15) is 0 Å². The first-order valence-corrected chi connectivity index (χ1v) is 10.9. The van der Waals surface area contributed by atoms with Gasteiger partial charge in [0.1, 0.15) is 23.0 Å². The molecule has 0 saturated carbocycles. The minimum Gasteiger partial charge on any atom is -0.332 e. The third-order valence-electron chi connectivity index (χ3n) is 3.77. The molecular weight excluding hydrogens is 420 g/mol. The summed E-state index contributed by atoms with van der Waals surface area (Å²) in [6.07, 6.45) is 0. The van der Waals surface area contributed by atoms with E-state index in [1.54, 1.807) is 22.7 Å². The van der Waals surface area contributed by atoms with E-state index in [0.717, 1.165) is 33.3 Å². The van der Waals surface area contributed by atoms with E-state index in [2.05, 4.69) is 15.3 Å². The van der Waals surface area contributed by atoms with Gasteiger partial charge >= 0.3 is 0 Å². The molecule has 0 bridgehead atoms. The van der Waals surface area contributed by atoms with E-state index in [-0.39, 0.29) is 5.75 Å². The number of anilines is 1. The molecule has 4 nitrogen and oxygen atoms in total. The van der Waals surface area contributed by atoms with Gasteiger partial charge in [-0.2, -0.15) is 0 Å². The number of nitrogens with zero attached hydrogens (tertiary/aromatic N) is 1. The fraction of sp³-hybridized carbons (Fsp3) is 0.0526. The lowest BCUT2D eigenvalue weighted by atomic mass is 10.2. The lowest BCUT2D eigenvalue weighted by Crippen LogP contribution is -2.16. The molecule has 3 aromatic heterocycles. The fourth-order valence-corrected chi connectivity index (χ4v) is 4.65. The standard InChI is InChI=1S/C19H13F2N3OS3/c20-11-4-1-5-12(21)16(11)22-15(25)10-28-19-23-17(13-6-2-8-26-13)18(24-19)14-7-3-9-27-14/h1-9H,10H2,(H,22,25)(H,23,24). The maximum absolute atomic E-state index is 13.7. The number of aromatic nitrogens is 2. The fourth-order valence-electron chi connectivity index (χ4n) is 2.54. The Morgan fingerprint density at radius 1 is 1.04 bits per heavy atom. The average Bonchev–Trinajstić information content (AvgIpc) is 3.43. The van der Waals surface area contributed by atoms with E-state index in [1.807, 2.05) is 35.0 Å². The molecule has 1 aromatic carbocycles. The van der Waals surface area contributed by atoms with Crippen LogP contribution < -0.4 is 5.32 Å². The quantitative estimate of drug-likeness (QED) is 0.374. The molecule has 3 heterocycles. The van der Waals surface area contributed by atoms with Crippen LogP contribution in [-0.2, 0) is 4.79 Å². The summed E-state index contributed by atoms with van der Waals surface area (Å²) in [5.74, 6) is -2.16. The van der Waals surface area contributed by atoms with Gasteiger partial charge in [0.05, 0.1) is 21.2 Å². The van der Waals surface area contributed by atoms with Gasteiger partial charge in [0.2, 0.25) is 5.91 Å². The number of thioether (sulfide) groups is 1. The summed E-state index contributed by atoms with van der Waals surface area (Å²) in [6, 6.07) is 11.3. The van der Waals surface area contributed by atoms with Crippen LogP contribution in [-0.4, -0.2) is 21.6 Å². The summed E-state index contributed by atoms with van der Waals surface area (Å²) in [6.45, 7) is 0. The van der Waals surface area contributed by atoms with Crippen molar-refractivity contribution in [3.63, 3.8) is 0 Å². The number of rotatable bonds is 6. The summed E-state index contributed by atoms with van der Waals surface area (Å²) in [5, 5.41) is 6.80.